The first kappa shape index (κ1) is 8.31. The fourth-order valence-corrected chi connectivity index (χ4v) is 1.09. The average molecular weight is 213 g/mol. The van der Waals surface area contributed by atoms with Gasteiger partial charge in [0, 0.05) is 0 Å². The molecule has 0 atom stereocenters. The van der Waals surface area contributed by atoms with Gasteiger partial charge in [0.15, 0.2) is 0 Å². The van der Waals surface area contributed by atoms with Crippen LogP contribution in [0.15, 0.2) is 35.3 Å². The van der Waals surface area contributed by atoms with Gasteiger partial charge in [-0.15, -0.1) is 0 Å². The molecule has 0 aliphatic heterocycles. The van der Waals surface area contributed by atoms with Crippen LogP contribution < -0.4 is 5.73 Å². The molecule has 0 aromatic heterocycles. The quantitative estimate of drug-likeness (QED) is 0.450. The monoisotopic (exact) mass is 214 g/mol. The number of hydrogen-bond donors (Lipinski definition) is 1. The first-order valence-electron chi connectivity index (χ1n) is 3.26. The van der Waals surface area contributed by atoms with Gasteiger partial charge in [0.05, 0.1) is 0 Å². The van der Waals surface area contributed by atoms with Crippen LogP contribution in [-0.2, 0) is 0 Å². The van der Waals surface area contributed by atoms with E-state index in [0.29, 0.717) is 15.0 Å². The summed E-state index contributed by atoms with van der Waals surface area (Å²) in [6.07, 6.45) is 0. The number of benzene rings is 1. The third-order valence-electron chi connectivity index (χ3n) is 1.20. The van der Waals surface area contributed by atoms with Crippen LogP contribution in [0.3, 0.4) is 0 Å². The molecule has 0 heterocycles. The summed E-state index contributed by atoms with van der Waals surface area (Å²) < 4.78 is 0.740. The van der Waals surface area contributed by atoms with E-state index in [1.165, 1.54) is 0 Å². The summed E-state index contributed by atoms with van der Waals surface area (Å²) in [6.45, 7) is 0. The Morgan fingerprint density at radius 2 is 2.00 bits per heavy atom. The summed E-state index contributed by atoms with van der Waals surface area (Å²) in [7, 11) is 0. The van der Waals surface area contributed by atoms with E-state index >= 15 is 0 Å². The maximum absolute atomic E-state index is 5.58. The average Bonchev–Trinajstić information content (AvgIpc) is 2.06. The van der Waals surface area contributed by atoms with Crippen LogP contribution in [0.25, 0.3) is 0 Å². The first-order valence-corrected chi connectivity index (χ1v) is 5.83. The molecule has 3 heteroatoms. The molecule has 0 spiro atoms. The van der Waals surface area contributed by atoms with Gasteiger partial charge in [0.2, 0.25) is 0 Å². The Morgan fingerprint density at radius 1 is 1.36 bits per heavy atom. The van der Waals surface area contributed by atoms with Crippen LogP contribution in [0.1, 0.15) is 0 Å². The molecular weight excluding hydrogens is 203 g/mol. The van der Waals surface area contributed by atoms with E-state index in [1.807, 2.05) is 30.3 Å². The van der Waals surface area contributed by atoms with Crippen molar-refractivity contribution in [3.63, 3.8) is 0 Å². The second-order valence-corrected chi connectivity index (χ2v) is 3.72. The number of amidine groups is 1. The number of nitrogens with two attached hydrogens (primary N) is 1. The predicted octanol–water partition coefficient (Wildman–Crippen LogP) is 1.39. The summed E-state index contributed by atoms with van der Waals surface area (Å²) in [5, 5.41) is 0. The van der Waals surface area contributed by atoms with Crippen molar-refractivity contribution < 1.29 is 0 Å². The van der Waals surface area contributed by atoms with E-state index < -0.39 is 0 Å². The van der Waals surface area contributed by atoms with Gasteiger partial charge in [-0.3, -0.25) is 0 Å². The van der Waals surface area contributed by atoms with Crippen LogP contribution >= 0.6 is 0 Å². The molecule has 1 aromatic rings. The van der Waals surface area contributed by atoms with Gasteiger partial charge in [-0.25, -0.2) is 0 Å². The van der Waals surface area contributed by atoms with E-state index in [0.717, 1.165) is 10.4 Å². The molecule has 0 fully saturated rings. The zero-order valence-electron chi connectivity index (χ0n) is 6.32. The molecule has 11 heavy (non-hydrogen) atoms. The Hall–Kier alpha value is -0.791. The second-order valence-electron chi connectivity index (χ2n) is 1.99. The molecular formula is C8H10N2Se. The van der Waals surface area contributed by atoms with Crippen molar-refractivity contribution in [3.8, 4) is 0 Å². The van der Waals surface area contributed by atoms with Gasteiger partial charge < -0.3 is 0 Å². The fourth-order valence-electron chi connectivity index (χ4n) is 0.675. The normalized spacial score (nSPS) is 11.5. The van der Waals surface area contributed by atoms with Crippen molar-refractivity contribution in [2.45, 2.75) is 5.82 Å². The maximum atomic E-state index is 5.58. The predicted molar refractivity (Wildman–Crippen MR) is 49.3 cm³/mol. The molecule has 2 nitrogen and oxygen atoms in total. The first-order chi connectivity index (χ1) is 5.33. The zero-order chi connectivity index (χ0) is 8.10. The van der Waals surface area contributed by atoms with Gasteiger partial charge in [0.1, 0.15) is 0 Å². The van der Waals surface area contributed by atoms with Crippen LogP contribution in [0.4, 0.5) is 5.69 Å². The van der Waals surface area contributed by atoms with Crippen molar-refractivity contribution in [1.82, 2.24) is 0 Å². The molecule has 2 N–H and O–H groups in total. The van der Waals surface area contributed by atoms with Crippen molar-refractivity contribution in [2.75, 3.05) is 0 Å². The van der Waals surface area contributed by atoms with Gasteiger partial charge in [0.25, 0.3) is 0 Å². The topological polar surface area (TPSA) is 38.4 Å². The standard InChI is InChI=1S/C8H10N2Se/c1-11-8(9)10-7-5-3-2-4-6-7/h2-6H,1H3,(H2,9,10). The number of hydrogen-bond acceptors (Lipinski definition) is 1. The molecule has 58 valence electrons. The molecule has 0 amide bonds. The van der Waals surface area contributed by atoms with Crippen molar-refractivity contribution in [2.24, 2.45) is 10.7 Å². The Labute approximate surface area is 72.7 Å². The Bertz CT molecular complexity index is 244. The Kier molecular flexibility index (Phi) is 3.14. The molecule has 0 bridgehead atoms. The van der Waals surface area contributed by atoms with Gasteiger partial charge >= 0.3 is 72.3 Å². The summed E-state index contributed by atoms with van der Waals surface area (Å²) in [4.78, 5) is 4.20. The van der Waals surface area contributed by atoms with Crippen LogP contribution in [0.2, 0.25) is 5.82 Å². The minimum absolute atomic E-state index is 0.315. The number of nitrogens with zero attached hydrogens (tertiary/aromatic N) is 1. The third kappa shape index (κ3) is 2.74. The van der Waals surface area contributed by atoms with Crippen LogP contribution in [0, 0.1) is 0 Å². The number of rotatable bonds is 2. The number of para-hydroxylation sites is 1. The summed E-state index contributed by atoms with van der Waals surface area (Å²) >= 11 is 0.315. The molecule has 1 rings (SSSR count). The van der Waals surface area contributed by atoms with Gasteiger partial charge in [-0.05, 0) is 0 Å². The van der Waals surface area contributed by atoms with E-state index in [9.17, 15) is 0 Å². The van der Waals surface area contributed by atoms with E-state index in [1.54, 1.807) is 0 Å². The molecule has 0 aliphatic rings. The van der Waals surface area contributed by atoms with Gasteiger partial charge in [-0.1, -0.05) is 0 Å². The molecule has 1 aromatic carbocycles. The second kappa shape index (κ2) is 4.16. The Morgan fingerprint density at radius 3 is 2.55 bits per heavy atom. The van der Waals surface area contributed by atoms with E-state index in [4.69, 9.17) is 5.73 Å². The third-order valence-corrected chi connectivity index (χ3v) is 2.27. The van der Waals surface area contributed by atoms with Crippen molar-refractivity contribution in [3.05, 3.63) is 30.3 Å². The summed E-state index contributed by atoms with van der Waals surface area (Å²) in [6, 6.07) is 9.76. The molecule has 0 radical (unpaired) electrons. The van der Waals surface area contributed by atoms with Crippen molar-refractivity contribution >= 4 is 25.4 Å². The summed E-state index contributed by atoms with van der Waals surface area (Å²) in [5.41, 5.74) is 6.52. The van der Waals surface area contributed by atoms with Crippen LogP contribution in [0.5, 0.6) is 0 Å². The van der Waals surface area contributed by atoms with E-state index in [2.05, 4.69) is 10.8 Å². The zero-order valence-corrected chi connectivity index (χ0v) is 8.03. The fraction of sp³-hybridized carbons (Fsp3) is 0.125. The molecule has 0 saturated carbocycles. The summed E-state index contributed by atoms with van der Waals surface area (Å²) in [5.74, 6) is 2.05. The molecule has 0 aliphatic carbocycles. The Balaban J connectivity index is 2.79. The van der Waals surface area contributed by atoms with Crippen molar-refractivity contribution in [1.29, 1.82) is 0 Å². The molecule has 0 saturated heterocycles. The van der Waals surface area contributed by atoms with Gasteiger partial charge in [-0.2, -0.15) is 0 Å². The number of aliphatic imine (C=N–C) groups is 1. The molecule has 0 unspecified atom stereocenters. The van der Waals surface area contributed by atoms with E-state index in [-0.39, 0.29) is 0 Å². The van der Waals surface area contributed by atoms with Crippen LogP contribution in [-0.4, -0.2) is 19.7 Å². The minimum atomic E-state index is 0.315. The SMILES string of the molecule is C[Se]C(N)=Nc1ccccc1.